The predicted molar refractivity (Wildman–Crippen MR) is 252 cm³/mol. The van der Waals surface area contributed by atoms with E-state index in [2.05, 4.69) is 27.9 Å². The van der Waals surface area contributed by atoms with E-state index in [9.17, 15) is 44.3 Å². The standard InChI is InChI=1S/C50H74N6O12/c1-3-4-5-6-7-8-9-10-11-12-13-14-18-31-43(58)55(64)32-23-22-29-40(52-45(59)41-35-66-47(53-41)38-27-19-20-30-42(38)57)49(62)68-36(2)44(54-50(63)67-34-37-25-16-15-17-26-37)46(60)51-39-28-21-24-33-56(65)48(39)61/h15-17,19-20,25-27,30,36,39-41,44,57,64-65H,3-14,18,21-24,28-29,31-35H2,1-2H3,(H,51,60)(H,52,59)(H,54,63)/t36-,39-,40-,41-,44-/m0/s1. The van der Waals surface area contributed by atoms with Crippen molar-refractivity contribution in [1.82, 2.24) is 26.1 Å². The minimum Gasteiger partial charge on any atom is -0.507 e. The van der Waals surface area contributed by atoms with Gasteiger partial charge in [-0.05, 0) is 69.6 Å². The van der Waals surface area contributed by atoms with E-state index >= 15 is 0 Å². The van der Waals surface area contributed by atoms with Gasteiger partial charge in [-0.25, -0.2) is 24.7 Å². The average molecular weight is 951 g/mol. The van der Waals surface area contributed by atoms with E-state index in [0.29, 0.717) is 35.0 Å². The van der Waals surface area contributed by atoms with E-state index in [1.807, 2.05) is 0 Å². The number of aromatic hydroxyl groups is 1. The first-order valence-electron chi connectivity index (χ1n) is 24.6. The highest BCUT2D eigenvalue weighted by molar-refractivity contribution is 6.00. The second kappa shape index (κ2) is 30.6. The van der Waals surface area contributed by atoms with Gasteiger partial charge < -0.3 is 35.3 Å². The molecule has 4 rings (SSSR count). The Bertz CT molecular complexity index is 1920. The summed E-state index contributed by atoms with van der Waals surface area (Å²) < 4.78 is 16.7. The van der Waals surface area contributed by atoms with Crippen LogP contribution in [0.1, 0.15) is 153 Å². The Morgan fingerprint density at radius 3 is 2.18 bits per heavy atom. The molecule has 0 saturated carbocycles. The van der Waals surface area contributed by atoms with Gasteiger partial charge in [0, 0.05) is 19.5 Å². The van der Waals surface area contributed by atoms with Crippen molar-refractivity contribution < 1.29 is 58.5 Å². The van der Waals surface area contributed by atoms with Crippen LogP contribution >= 0.6 is 0 Å². The van der Waals surface area contributed by atoms with E-state index in [0.717, 1.165) is 19.3 Å². The normalized spacial score (nSPS) is 17.1. The lowest BCUT2D eigenvalue weighted by molar-refractivity contribution is -0.167. The monoisotopic (exact) mass is 951 g/mol. The number of phenolic OH excluding ortho intramolecular Hbond substituents is 1. The zero-order valence-corrected chi connectivity index (χ0v) is 39.9. The number of hydroxylamine groups is 4. The first kappa shape index (κ1) is 54.9. The number of carbonyl (C=O) groups is 6. The highest BCUT2D eigenvalue weighted by Gasteiger charge is 2.37. The minimum absolute atomic E-state index is 0.0174. The van der Waals surface area contributed by atoms with Gasteiger partial charge in [-0.2, -0.15) is 0 Å². The molecule has 2 aromatic carbocycles. The van der Waals surface area contributed by atoms with E-state index in [1.165, 1.54) is 70.8 Å². The van der Waals surface area contributed by atoms with Crippen LogP contribution in [0.4, 0.5) is 4.79 Å². The molecule has 1 fully saturated rings. The van der Waals surface area contributed by atoms with E-state index in [-0.39, 0.29) is 75.6 Å². The van der Waals surface area contributed by atoms with E-state index in [4.69, 9.17) is 14.2 Å². The van der Waals surface area contributed by atoms with Crippen LogP contribution in [-0.2, 0) is 44.8 Å². The molecule has 2 aromatic rings. The number of ether oxygens (including phenoxy) is 3. The zero-order valence-electron chi connectivity index (χ0n) is 39.9. The fourth-order valence-electron chi connectivity index (χ4n) is 8.02. The van der Waals surface area contributed by atoms with Crippen LogP contribution in [0.3, 0.4) is 0 Å². The van der Waals surface area contributed by atoms with Crippen LogP contribution in [0.2, 0.25) is 0 Å². The number of benzene rings is 2. The number of nitrogens with zero attached hydrogens (tertiary/aromatic N) is 3. The van der Waals surface area contributed by atoms with Crippen LogP contribution < -0.4 is 16.0 Å². The van der Waals surface area contributed by atoms with Crippen LogP contribution in [0.5, 0.6) is 5.75 Å². The third-order valence-electron chi connectivity index (χ3n) is 12.1. The summed E-state index contributed by atoms with van der Waals surface area (Å²) in [6.45, 7) is 3.32. The fourth-order valence-corrected chi connectivity index (χ4v) is 8.02. The van der Waals surface area contributed by atoms with Crippen molar-refractivity contribution in [2.75, 3.05) is 19.7 Å². The van der Waals surface area contributed by atoms with Crippen LogP contribution in [0, 0.1) is 0 Å². The molecule has 6 N–H and O–H groups in total. The molecule has 0 radical (unpaired) electrons. The molecular weight excluding hydrogens is 877 g/mol. The number of alkyl carbamates (subject to hydrolysis) is 1. The zero-order chi connectivity index (χ0) is 49.1. The molecule has 0 aromatic heterocycles. The average Bonchev–Trinajstić information content (AvgIpc) is 3.78. The number of hydrogen-bond acceptors (Lipinski definition) is 13. The molecule has 0 bridgehead atoms. The summed E-state index contributed by atoms with van der Waals surface area (Å²) in [5.41, 5.74) is 0.947. The molecule has 5 atom stereocenters. The summed E-state index contributed by atoms with van der Waals surface area (Å²) in [6.07, 6.45) is 14.8. The summed E-state index contributed by atoms with van der Waals surface area (Å²) in [5.74, 6) is -3.76. The lowest BCUT2D eigenvalue weighted by atomic mass is 10.0. The first-order valence-corrected chi connectivity index (χ1v) is 24.6. The highest BCUT2D eigenvalue weighted by Crippen LogP contribution is 2.22. The van der Waals surface area contributed by atoms with Gasteiger partial charge >= 0.3 is 12.1 Å². The lowest BCUT2D eigenvalue weighted by Crippen LogP contribution is -2.58. The number of amides is 5. The summed E-state index contributed by atoms with van der Waals surface area (Å²) in [7, 11) is 0. The summed E-state index contributed by atoms with van der Waals surface area (Å²) in [4.78, 5) is 84.5. The Morgan fingerprint density at radius 2 is 1.50 bits per heavy atom. The first-order chi connectivity index (χ1) is 32.9. The molecule has 0 spiro atoms. The molecule has 0 aliphatic carbocycles. The number of phenols is 1. The Morgan fingerprint density at radius 1 is 0.853 bits per heavy atom. The Kier molecular flexibility index (Phi) is 24.7. The van der Waals surface area contributed by atoms with E-state index in [1.54, 1.807) is 48.5 Å². The summed E-state index contributed by atoms with van der Waals surface area (Å²) in [5, 5.41) is 39.9. The van der Waals surface area contributed by atoms with Gasteiger partial charge in [0.1, 0.15) is 43.2 Å². The van der Waals surface area contributed by atoms with Crippen molar-refractivity contribution in [3.05, 3.63) is 65.7 Å². The molecule has 18 nitrogen and oxygen atoms in total. The van der Waals surface area contributed by atoms with Gasteiger partial charge in [-0.3, -0.25) is 29.6 Å². The van der Waals surface area contributed by atoms with Gasteiger partial charge in [0.05, 0.1) is 5.56 Å². The number of rotatable bonds is 30. The van der Waals surface area contributed by atoms with Crippen molar-refractivity contribution in [2.45, 2.75) is 179 Å². The number of unbranched alkanes of at least 4 members (excludes halogenated alkanes) is 13. The molecule has 2 aliphatic rings. The number of hydrogen-bond donors (Lipinski definition) is 6. The van der Waals surface area contributed by atoms with Crippen molar-refractivity contribution in [3.63, 3.8) is 0 Å². The van der Waals surface area contributed by atoms with E-state index < -0.39 is 66.0 Å². The second-order valence-corrected chi connectivity index (χ2v) is 17.7. The Balaban J connectivity index is 1.35. The van der Waals surface area contributed by atoms with Gasteiger partial charge in [0.25, 0.3) is 5.91 Å². The Labute approximate surface area is 400 Å². The maximum atomic E-state index is 14.0. The van der Waals surface area contributed by atoms with Gasteiger partial charge in [-0.15, -0.1) is 0 Å². The maximum Gasteiger partial charge on any atom is 0.408 e. The van der Waals surface area contributed by atoms with Crippen LogP contribution in [0.25, 0.3) is 0 Å². The highest BCUT2D eigenvalue weighted by atomic mass is 16.6. The molecule has 1 saturated heterocycles. The number of nitrogens with one attached hydrogen (secondary N) is 3. The number of para-hydroxylation sites is 1. The fraction of sp³-hybridized carbons (Fsp3) is 0.620. The minimum atomic E-state index is -1.60. The van der Waals surface area contributed by atoms with Crippen molar-refractivity contribution in [2.24, 2.45) is 4.99 Å². The smallest absolute Gasteiger partial charge is 0.408 e. The SMILES string of the molecule is CCCCCCCCCCCCCCCC(=O)N(O)CCCC[C@H](NC(=O)[C@@H]1COC(c2ccccc2O)=N1)C(=O)O[C@@H](C)[C@H](NC(=O)OCc1ccccc1)C(=O)N[C@H]1CCCCN(O)C1=O. The van der Waals surface area contributed by atoms with Crippen LogP contribution in [0.15, 0.2) is 59.6 Å². The molecule has 2 heterocycles. The molecule has 18 heteroatoms. The summed E-state index contributed by atoms with van der Waals surface area (Å²) in [6, 6.07) is 9.96. The topological polar surface area (TPSA) is 246 Å². The number of aliphatic imine (C=N–C) groups is 1. The second-order valence-electron chi connectivity index (χ2n) is 17.7. The molecule has 376 valence electrons. The van der Waals surface area contributed by atoms with Crippen molar-refractivity contribution >= 4 is 41.6 Å². The quantitative estimate of drug-likeness (QED) is 0.0201. The Hall–Kier alpha value is -5.75. The van der Waals surface area contributed by atoms with Gasteiger partial charge in [0.2, 0.25) is 23.6 Å². The van der Waals surface area contributed by atoms with Gasteiger partial charge in [-0.1, -0.05) is 126 Å². The molecule has 5 amide bonds. The van der Waals surface area contributed by atoms with Crippen molar-refractivity contribution in [3.8, 4) is 5.75 Å². The van der Waals surface area contributed by atoms with Crippen LogP contribution in [-0.4, -0.2) is 117 Å². The molecular formula is C50H74N6O12. The molecule has 68 heavy (non-hydrogen) atoms. The number of esters is 1. The maximum absolute atomic E-state index is 14.0. The van der Waals surface area contributed by atoms with Crippen molar-refractivity contribution in [1.29, 1.82) is 0 Å². The number of carbonyl (C=O) groups excluding carboxylic acids is 6. The lowest BCUT2D eigenvalue weighted by Gasteiger charge is -2.28. The summed E-state index contributed by atoms with van der Waals surface area (Å²) >= 11 is 0. The molecule has 0 unspecified atom stereocenters. The third kappa shape index (κ3) is 19.5. The van der Waals surface area contributed by atoms with Gasteiger partial charge in [0.15, 0.2) is 6.04 Å². The predicted octanol–water partition coefficient (Wildman–Crippen LogP) is 7.01. The molecule has 2 aliphatic heterocycles. The largest absolute Gasteiger partial charge is 0.507 e. The third-order valence-corrected chi connectivity index (χ3v) is 12.1.